The van der Waals surface area contributed by atoms with Gasteiger partial charge in [-0.15, -0.1) is 0 Å². The molecule has 0 unspecified atom stereocenters. The number of phenolic OH excluding ortho intramolecular Hbond substituents is 1. The smallest absolute Gasteiger partial charge is 0.339 e. The van der Waals surface area contributed by atoms with E-state index in [0.717, 1.165) is 25.7 Å². The summed E-state index contributed by atoms with van der Waals surface area (Å²) in [6.07, 6.45) is 3.91. The molecule has 2 aromatic rings. The van der Waals surface area contributed by atoms with Crippen molar-refractivity contribution in [1.29, 1.82) is 0 Å². The van der Waals surface area contributed by atoms with Gasteiger partial charge in [-0.2, -0.15) is 0 Å². The molecule has 0 aliphatic rings. The van der Waals surface area contributed by atoms with Gasteiger partial charge in [0.2, 0.25) is 0 Å². The van der Waals surface area contributed by atoms with Crippen LogP contribution in [0.2, 0.25) is 0 Å². The molecule has 0 spiro atoms. The van der Waals surface area contributed by atoms with Gasteiger partial charge in [-0.1, -0.05) is 56.5 Å². The fraction of sp³-hybridized carbons (Fsp3) is 0.364. The summed E-state index contributed by atoms with van der Waals surface area (Å²) < 4.78 is 5.39. The van der Waals surface area contributed by atoms with E-state index in [0.29, 0.717) is 16.7 Å². The lowest BCUT2D eigenvalue weighted by atomic mass is 9.90. The summed E-state index contributed by atoms with van der Waals surface area (Å²) in [5, 5.41) is 10.6. The van der Waals surface area contributed by atoms with Crippen LogP contribution >= 0.6 is 0 Å². The average Bonchev–Trinajstić information content (AvgIpc) is 2.68. The zero-order valence-corrected chi connectivity index (χ0v) is 16.2. The van der Waals surface area contributed by atoms with E-state index in [2.05, 4.69) is 6.92 Å². The Morgan fingerprint density at radius 1 is 1.00 bits per heavy atom. The number of phenols is 1. The van der Waals surface area contributed by atoms with E-state index in [1.165, 1.54) is 0 Å². The first kappa shape index (κ1) is 20.5. The molecule has 0 heterocycles. The number of nitrogen functional groups attached to an aromatic ring is 1. The van der Waals surface area contributed by atoms with E-state index in [1.807, 2.05) is 0 Å². The number of anilines is 1. The highest BCUT2D eigenvalue weighted by atomic mass is 16.5. The fourth-order valence-corrected chi connectivity index (χ4v) is 2.98. The predicted octanol–water partition coefficient (Wildman–Crippen LogP) is 4.56. The molecular weight excluding hydrogens is 342 g/mol. The van der Waals surface area contributed by atoms with E-state index >= 15 is 0 Å². The molecule has 0 aliphatic carbocycles. The normalized spacial score (nSPS) is 10.6. The number of ether oxygens (including phenoxy) is 1. The second kappa shape index (κ2) is 9.21. The van der Waals surface area contributed by atoms with E-state index < -0.39 is 11.8 Å². The summed E-state index contributed by atoms with van der Waals surface area (Å²) in [4.78, 5) is 25.7. The lowest BCUT2D eigenvalue weighted by Crippen LogP contribution is -2.17. The van der Waals surface area contributed by atoms with Gasteiger partial charge in [-0.05, 0) is 31.4 Å². The number of esters is 1. The lowest BCUT2D eigenvalue weighted by Gasteiger charge is -2.18. The Kier molecular flexibility index (Phi) is 6.99. The van der Waals surface area contributed by atoms with E-state index in [9.17, 15) is 14.7 Å². The zero-order valence-electron chi connectivity index (χ0n) is 16.2. The Balaban J connectivity index is 2.43. The average molecular weight is 369 g/mol. The van der Waals surface area contributed by atoms with Gasteiger partial charge >= 0.3 is 5.97 Å². The van der Waals surface area contributed by atoms with Crippen molar-refractivity contribution in [3.63, 3.8) is 0 Å². The minimum Gasteiger partial charge on any atom is -0.505 e. The number of hydrogen-bond donors (Lipinski definition) is 2. The van der Waals surface area contributed by atoms with Crippen LogP contribution in [-0.2, 0) is 4.74 Å². The zero-order chi connectivity index (χ0) is 20.0. The van der Waals surface area contributed by atoms with Crippen molar-refractivity contribution >= 4 is 17.4 Å². The Bertz CT molecular complexity index is 828. The van der Waals surface area contributed by atoms with E-state index in [4.69, 9.17) is 10.5 Å². The summed E-state index contributed by atoms with van der Waals surface area (Å²) in [7, 11) is 0. The molecule has 0 bridgehead atoms. The number of unbranched alkanes of at least 4 members (excludes halogenated alkanes) is 3. The van der Waals surface area contributed by atoms with Crippen LogP contribution in [0.25, 0.3) is 0 Å². The minimum absolute atomic E-state index is 0.0866. The van der Waals surface area contributed by atoms with E-state index in [-0.39, 0.29) is 29.2 Å². The van der Waals surface area contributed by atoms with Crippen molar-refractivity contribution in [2.45, 2.75) is 46.5 Å². The maximum atomic E-state index is 13.0. The monoisotopic (exact) mass is 369 g/mol. The first-order chi connectivity index (χ1) is 12.9. The number of carbonyl (C=O) groups is 2. The molecule has 0 saturated carbocycles. The van der Waals surface area contributed by atoms with Crippen LogP contribution in [0.15, 0.2) is 30.3 Å². The van der Waals surface area contributed by atoms with Gasteiger partial charge in [-0.3, -0.25) is 4.79 Å². The number of rotatable bonds is 8. The number of nitrogens with two attached hydrogens (primary N) is 1. The first-order valence-corrected chi connectivity index (χ1v) is 9.28. The first-order valence-electron chi connectivity index (χ1n) is 9.28. The highest BCUT2D eigenvalue weighted by Crippen LogP contribution is 2.36. The molecule has 5 nitrogen and oxygen atoms in total. The van der Waals surface area contributed by atoms with Crippen molar-refractivity contribution < 1.29 is 19.4 Å². The highest BCUT2D eigenvalue weighted by molar-refractivity contribution is 6.17. The number of ketones is 1. The molecule has 2 rings (SSSR count). The molecule has 27 heavy (non-hydrogen) atoms. The van der Waals surface area contributed by atoms with Crippen LogP contribution in [0, 0.1) is 13.8 Å². The third kappa shape index (κ3) is 4.48. The van der Waals surface area contributed by atoms with Crippen molar-refractivity contribution in [2.75, 3.05) is 12.3 Å². The maximum Gasteiger partial charge on any atom is 0.339 e. The third-order valence-electron chi connectivity index (χ3n) is 4.78. The number of carbonyl (C=O) groups excluding carboxylic acids is 2. The molecular formula is C22H27NO4. The van der Waals surface area contributed by atoms with Gasteiger partial charge in [0.25, 0.3) is 0 Å². The Morgan fingerprint density at radius 2 is 1.67 bits per heavy atom. The summed E-state index contributed by atoms with van der Waals surface area (Å²) >= 11 is 0. The van der Waals surface area contributed by atoms with Gasteiger partial charge in [0.1, 0.15) is 0 Å². The van der Waals surface area contributed by atoms with Crippen LogP contribution in [-0.4, -0.2) is 23.5 Å². The highest BCUT2D eigenvalue weighted by Gasteiger charge is 2.28. The van der Waals surface area contributed by atoms with E-state index in [1.54, 1.807) is 44.2 Å². The van der Waals surface area contributed by atoms with Crippen LogP contribution in [0.4, 0.5) is 5.69 Å². The molecule has 0 fully saturated rings. The number of benzene rings is 2. The number of hydrogen-bond acceptors (Lipinski definition) is 5. The second-order valence-corrected chi connectivity index (χ2v) is 6.65. The third-order valence-corrected chi connectivity index (χ3v) is 4.78. The maximum absolute atomic E-state index is 13.0. The molecule has 0 aliphatic heterocycles. The quantitative estimate of drug-likeness (QED) is 0.234. The Hall–Kier alpha value is -2.82. The Labute approximate surface area is 160 Å². The minimum atomic E-state index is -0.610. The molecule has 144 valence electrons. The largest absolute Gasteiger partial charge is 0.505 e. The van der Waals surface area contributed by atoms with Crippen molar-refractivity contribution in [3.05, 3.63) is 58.1 Å². The van der Waals surface area contributed by atoms with Crippen molar-refractivity contribution in [3.8, 4) is 5.75 Å². The standard InChI is InChI=1S/C22H27NO4/c1-4-5-6-10-13-27-22(26)17-14(2)15(3)19(23)21(25)18(17)20(24)16-11-8-7-9-12-16/h7-9,11-12,25H,4-6,10,13,23H2,1-3H3. The summed E-state index contributed by atoms with van der Waals surface area (Å²) in [6.45, 7) is 5.80. The van der Waals surface area contributed by atoms with Gasteiger partial charge < -0.3 is 15.6 Å². The van der Waals surface area contributed by atoms with Gasteiger partial charge in [0.05, 0.1) is 23.4 Å². The van der Waals surface area contributed by atoms with Gasteiger partial charge in [-0.25, -0.2) is 4.79 Å². The predicted molar refractivity (Wildman–Crippen MR) is 106 cm³/mol. The molecule has 5 heteroatoms. The summed E-state index contributed by atoms with van der Waals surface area (Å²) in [5.41, 5.74) is 7.54. The van der Waals surface area contributed by atoms with Crippen molar-refractivity contribution in [1.82, 2.24) is 0 Å². The fourth-order valence-electron chi connectivity index (χ4n) is 2.98. The van der Waals surface area contributed by atoms with Gasteiger partial charge in [0.15, 0.2) is 11.5 Å². The second-order valence-electron chi connectivity index (χ2n) is 6.65. The van der Waals surface area contributed by atoms with Crippen LogP contribution in [0.3, 0.4) is 0 Å². The topological polar surface area (TPSA) is 89.6 Å². The molecule has 0 saturated heterocycles. The SMILES string of the molecule is CCCCCCOC(=O)c1c(C)c(C)c(N)c(O)c1C(=O)c1ccccc1. The molecule has 0 aromatic heterocycles. The van der Waals surface area contributed by atoms with Crippen LogP contribution in [0.1, 0.15) is 70.0 Å². The van der Waals surface area contributed by atoms with Gasteiger partial charge in [0, 0.05) is 5.56 Å². The van der Waals surface area contributed by atoms with Crippen LogP contribution in [0.5, 0.6) is 5.75 Å². The lowest BCUT2D eigenvalue weighted by molar-refractivity contribution is 0.0493. The molecule has 0 radical (unpaired) electrons. The molecule has 2 aromatic carbocycles. The van der Waals surface area contributed by atoms with Crippen molar-refractivity contribution in [2.24, 2.45) is 0 Å². The van der Waals surface area contributed by atoms with Crippen LogP contribution < -0.4 is 5.73 Å². The molecule has 0 atom stereocenters. The molecule has 3 N–H and O–H groups in total. The number of aromatic hydroxyl groups is 1. The summed E-state index contributed by atoms with van der Waals surface area (Å²) in [6, 6.07) is 8.50. The molecule has 0 amide bonds. The summed E-state index contributed by atoms with van der Waals surface area (Å²) in [5.74, 6) is -1.44. The Morgan fingerprint density at radius 3 is 2.30 bits per heavy atom.